The highest BCUT2D eigenvalue weighted by atomic mass is 35.5. The molecule has 184 valence electrons. The molecule has 0 amide bonds. The molecule has 4 fully saturated rings. The van der Waals surface area contributed by atoms with Crippen LogP contribution in [0.3, 0.4) is 0 Å². The van der Waals surface area contributed by atoms with Gasteiger partial charge in [-0.1, -0.05) is 53.9 Å². The smallest absolute Gasteiger partial charge is 0.321 e. The number of halogens is 1. The Morgan fingerprint density at radius 1 is 0.938 bits per heavy atom. The summed E-state index contributed by atoms with van der Waals surface area (Å²) in [5.74, 6) is 5.92. The first-order valence-corrected chi connectivity index (χ1v) is 14.5. The van der Waals surface area contributed by atoms with Crippen LogP contribution in [0.5, 0.6) is 0 Å². The molecule has 0 heterocycles. The molecule has 2 nitrogen and oxygen atoms in total. The molecule has 4 aliphatic rings. The summed E-state index contributed by atoms with van der Waals surface area (Å²) >= 11 is 5.69. The first kappa shape index (κ1) is 24.9. The summed E-state index contributed by atoms with van der Waals surface area (Å²) in [6.07, 6.45) is 16.3. The maximum Gasteiger partial charge on any atom is 0.321 e. The van der Waals surface area contributed by atoms with Crippen molar-refractivity contribution >= 4 is 17.6 Å². The standard InChI is InChI=1S/C29H49ClO2/c1-19(2)7-6-8-20(3)24-11-12-25-23-10-9-21-17-22(32-27(31)18-30)13-15-28(21,4)26(23)14-16-29(24,25)5/h19-26H,6-18H2,1-5H3. The molecule has 0 aliphatic heterocycles. The van der Waals surface area contributed by atoms with Crippen LogP contribution in [0.1, 0.15) is 112 Å². The lowest BCUT2D eigenvalue weighted by atomic mass is 9.44. The number of esters is 1. The molecule has 0 aromatic carbocycles. The number of hydrogen-bond donors (Lipinski definition) is 0. The van der Waals surface area contributed by atoms with E-state index in [1.807, 2.05) is 0 Å². The quantitative estimate of drug-likeness (QED) is 0.280. The van der Waals surface area contributed by atoms with E-state index in [2.05, 4.69) is 34.6 Å². The minimum absolute atomic E-state index is 0.0134. The molecule has 0 aromatic heterocycles. The van der Waals surface area contributed by atoms with Crippen LogP contribution in [-0.2, 0) is 9.53 Å². The van der Waals surface area contributed by atoms with Crippen LogP contribution in [0.2, 0.25) is 0 Å². The molecule has 3 heteroatoms. The van der Waals surface area contributed by atoms with Gasteiger partial charge in [0.2, 0.25) is 0 Å². The maximum absolute atomic E-state index is 11.7. The number of ether oxygens (including phenoxy) is 1. The predicted octanol–water partition coefficient (Wildman–Crippen LogP) is 8.26. The van der Waals surface area contributed by atoms with Crippen molar-refractivity contribution in [3.05, 3.63) is 0 Å². The lowest BCUT2D eigenvalue weighted by Gasteiger charge is -2.61. The lowest BCUT2D eigenvalue weighted by molar-refractivity contribution is -0.160. The molecule has 0 radical (unpaired) electrons. The van der Waals surface area contributed by atoms with Gasteiger partial charge >= 0.3 is 5.97 Å². The monoisotopic (exact) mass is 464 g/mol. The molecule has 4 aliphatic carbocycles. The number of rotatable bonds is 7. The third-order valence-electron chi connectivity index (χ3n) is 11.2. The molecule has 0 bridgehead atoms. The van der Waals surface area contributed by atoms with Gasteiger partial charge in [-0.3, -0.25) is 4.79 Å². The number of alkyl halides is 1. The van der Waals surface area contributed by atoms with Crippen molar-refractivity contribution in [1.82, 2.24) is 0 Å². The van der Waals surface area contributed by atoms with Gasteiger partial charge in [-0.05, 0) is 110 Å². The average Bonchev–Trinajstić information content (AvgIpc) is 3.11. The van der Waals surface area contributed by atoms with Crippen molar-refractivity contribution in [1.29, 1.82) is 0 Å². The van der Waals surface area contributed by atoms with Gasteiger partial charge in [-0.25, -0.2) is 0 Å². The largest absolute Gasteiger partial charge is 0.461 e. The summed E-state index contributed by atoms with van der Waals surface area (Å²) < 4.78 is 5.67. The first-order valence-electron chi connectivity index (χ1n) is 13.9. The minimum atomic E-state index is -0.234. The van der Waals surface area contributed by atoms with Gasteiger partial charge in [-0.15, -0.1) is 11.6 Å². The second-order valence-electron chi connectivity index (χ2n) is 13.2. The van der Waals surface area contributed by atoms with Crippen LogP contribution in [0.25, 0.3) is 0 Å². The molecular formula is C29H49ClO2. The lowest BCUT2D eigenvalue weighted by Crippen LogP contribution is -2.54. The number of hydrogen-bond acceptors (Lipinski definition) is 2. The van der Waals surface area contributed by atoms with Gasteiger partial charge in [0.15, 0.2) is 0 Å². The van der Waals surface area contributed by atoms with Gasteiger partial charge in [0.1, 0.15) is 12.0 Å². The zero-order valence-electron chi connectivity index (χ0n) is 21.5. The highest BCUT2D eigenvalue weighted by molar-refractivity contribution is 6.26. The third-order valence-corrected chi connectivity index (χ3v) is 11.4. The Morgan fingerprint density at radius 3 is 2.38 bits per heavy atom. The fraction of sp³-hybridized carbons (Fsp3) is 0.966. The summed E-state index contributed by atoms with van der Waals surface area (Å²) in [4.78, 5) is 11.7. The van der Waals surface area contributed by atoms with Crippen LogP contribution in [-0.4, -0.2) is 18.0 Å². The van der Waals surface area contributed by atoms with E-state index in [0.717, 1.165) is 54.3 Å². The van der Waals surface area contributed by atoms with E-state index in [-0.39, 0.29) is 18.0 Å². The fourth-order valence-electron chi connectivity index (χ4n) is 9.57. The maximum atomic E-state index is 11.7. The van der Waals surface area contributed by atoms with Crippen molar-refractivity contribution in [3.8, 4) is 0 Å². The average molecular weight is 465 g/mol. The van der Waals surface area contributed by atoms with Gasteiger partial charge in [0, 0.05) is 0 Å². The van der Waals surface area contributed by atoms with Gasteiger partial charge < -0.3 is 4.74 Å². The molecule has 4 saturated carbocycles. The molecule has 0 aromatic rings. The molecule has 32 heavy (non-hydrogen) atoms. The van der Waals surface area contributed by atoms with E-state index in [4.69, 9.17) is 16.3 Å². The molecule has 0 saturated heterocycles. The second-order valence-corrected chi connectivity index (χ2v) is 13.5. The normalized spacial score (nSPS) is 44.5. The third kappa shape index (κ3) is 4.52. The van der Waals surface area contributed by atoms with Crippen LogP contribution in [0.4, 0.5) is 0 Å². The van der Waals surface area contributed by atoms with Gasteiger partial charge in [0.25, 0.3) is 0 Å². The molecule has 0 N–H and O–H groups in total. The summed E-state index contributed by atoms with van der Waals surface area (Å²) in [6.45, 7) is 12.6. The summed E-state index contributed by atoms with van der Waals surface area (Å²) in [5, 5.41) is 0. The highest BCUT2D eigenvalue weighted by Gasteiger charge is 2.60. The van der Waals surface area contributed by atoms with Crippen LogP contribution >= 0.6 is 11.6 Å². The topological polar surface area (TPSA) is 26.3 Å². The van der Waals surface area contributed by atoms with E-state index in [1.165, 1.54) is 64.2 Å². The Bertz CT molecular complexity index is 662. The summed E-state index contributed by atoms with van der Waals surface area (Å²) in [6, 6.07) is 0. The Kier molecular flexibility index (Phi) is 7.61. The Balaban J connectivity index is 1.42. The summed E-state index contributed by atoms with van der Waals surface area (Å²) in [7, 11) is 0. The van der Waals surface area contributed by atoms with Crippen LogP contribution in [0, 0.1) is 52.3 Å². The van der Waals surface area contributed by atoms with Crippen molar-refractivity contribution in [3.63, 3.8) is 0 Å². The van der Waals surface area contributed by atoms with E-state index in [9.17, 15) is 4.79 Å². The Morgan fingerprint density at radius 2 is 1.66 bits per heavy atom. The first-order chi connectivity index (χ1) is 15.2. The number of carbonyl (C=O) groups excluding carboxylic acids is 1. The van der Waals surface area contributed by atoms with E-state index < -0.39 is 0 Å². The predicted molar refractivity (Wildman–Crippen MR) is 134 cm³/mol. The fourth-order valence-corrected chi connectivity index (χ4v) is 9.63. The van der Waals surface area contributed by atoms with Crippen molar-refractivity contribution in [2.75, 3.05) is 5.88 Å². The van der Waals surface area contributed by atoms with Gasteiger partial charge in [-0.2, -0.15) is 0 Å². The minimum Gasteiger partial charge on any atom is -0.461 e. The van der Waals surface area contributed by atoms with Crippen LogP contribution in [0.15, 0.2) is 0 Å². The second kappa shape index (κ2) is 9.79. The molecule has 9 unspecified atom stereocenters. The van der Waals surface area contributed by atoms with Crippen molar-refractivity contribution < 1.29 is 9.53 Å². The Hall–Kier alpha value is -0.240. The van der Waals surface area contributed by atoms with Crippen molar-refractivity contribution in [2.45, 2.75) is 118 Å². The highest BCUT2D eigenvalue weighted by Crippen LogP contribution is 2.68. The molecule has 9 atom stereocenters. The SMILES string of the molecule is CC(C)CCCC(C)C1CCC2C3CCC4CC(OC(=O)CCl)CCC4(C)C3CCC12C. The van der Waals surface area contributed by atoms with Crippen LogP contribution < -0.4 is 0 Å². The summed E-state index contributed by atoms with van der Waals surface area (Å²) in [5.41, 5.74) is 1.03. The zero-order chi connectivity index (χ0) is 23.1. The molecule has 0 spiro atoms. The van der Waals surface area contributed by atoms with E-state index >= 15 is 0 Å². The molecular weight excluding hydrogens is 416 g/mol. The van der Waals surface area contributed by atoms with E-state index in [1.54, 1.807) is 0 Å². The van der Waals surface area contributed by atoms with Gasteiger partial charge in [0.05, 0.1) is 0 Å². The zero-order valence-corrected chi connectivity index (χ0v) is 22.3. The van der Waals surface area contributed by atoms with Crippen molar-refractivity contribution in [2.24, 2.45) is 52.3 Å². The number of carbonyl (C=O) groups is 1. The van der Waals surface area contributed by atoms with E-state index in [0.29, 0.717) is 10.8 Å². The molecule has 4 rings (SSSR count). The Labute approximate surface area is 203 Å². The number of fused-ring (bicyclic) bond motifs is 5.